The van der Waals surface area contributed by atoms with Crippen LogP contribution in [-0.2, 0) is 9.53 Å². The summed E-state index contributed by atoms with van der Waals surface area (Å²) in [6, 6.07) is -0.146. The number of hydrogen-bond acceptors (Lipinski definition) is 3. The number of rotatable bonds is 2. The number of morpholine rings is 1. The molecule has 0 aromatic heterocycles. The predicted octanol–water partition coefficient (Wildman–Crippen LogP) is -0.277. The Labute approximate surface area is 78.0 Å². The topological polar surface area (TPSA) is 55.6 Å². The van der Waals surface area contributed by atoms with Gasteiger partial charge in [0.05, 0.1) is 18.2 Å². The molecule has 13 heavy (non-hydrogen) atoms. The van der Waals surface area contributed by atoms with Crippen molar-refractivity contribution in [1.29, 1.82) is 0 Å². The zero-order valence-corrected chi connectivity index (χ0v) is 7.90. The molecule has 2 bridgehead atoms. The lowest BCUT2D eigenvalue weighted by molar-refractivity contribution is -0.126. The number of hydrogen-bond donors (Lipinski definition) is 1. The van der Waals surface area contributed by atoms with Gasteiger partial charge in [-0.1, -0.05) is 0 Å². The highest BCUT2D eigenvalue weighted by molar-refractivity contribution is 5.79. The summed E-state index contributed by atoms with van der Waals surface area (Å²) >= 11 is 0. The number of primary amides is 1. The average molecular weight is 184 g/mol. The fraction of sp³-hybridized carbons (Fsp3) is 0.889. The van der Waals surface area contributed by atoms with Crippen LogP contribution in [-0.4, -0.2) is 42.1 Å². The van der Waals surface area contributed by atoms with Gasteiger partial charge in [0.25, 0.3) is 0 Å². The molecule has 1 amide bonds. The summed E-state index contributed by atoms with van der Waals surface area (Å²) in [5.41, 5.74) is 5.26. The van der Waals surface area contributed by atoms with Crippen molar-refractivity contribution in [3.63, 3.8) is 0 Å². The first-order chi connectivity index (χ1) is 6.16. The van der Waals surface area contributed by atoms with Crippen LogP contribution in [0.2, 0.25) is 0 Å². The van der Waals surface area contributed by atoms with Crippen LogP contribution in [0, 0.1) is 0 Å². The highest BCUT2D eigenvalue weighted by Gasteiger charge is 2.36. The molecule has 0 aromatic rings. The first-order valence-electron chi connectivity index (χ1n) is 4.85. The monoisotopic (exact) mass is 184 g/mol. The van der Waals surface area contributed by atoms with Crippen LogP contribution in [0.15, 0.2) is 0 Å². The van der Waals surface area contributed by atoms with Crippen molar-refractivity contribution in [2.45, 2.75) is 38.0 Å². The van der Waals surface area contributed by atoms with Gasteiger partial charge in [-0.25, -0.2) is 0 Å². The summed E-state index contributed by atoms with van der Waals surface area (Å²) in [4.78, 5) is 13.1. The normalized spacial score (nSPS) is 36.1. The predicted molar refractivity (Wildman–Crippen MR) is 48.1 cm³/mol. The molecular formula is C9H16N2O2. The third-order valence-electron chi connectivity index (χ3n) is 3.03. The van der Waals surface area contributed by atoms with Crippen LogP contribution < -0.4 is 5.73 Å². The van der Waals surface area contributed by atoms with E-state index in [1.54, 1.807) is 0 Å². The molecule has 3 atom stereocenters. The van der Waals surface area contributed by atoms with Gasteiger partial charge >= 0.3 is 0 Å². The van der Waals surface area contributed by atoms with E-state index in [1.807, 2.05) is 6.92 Å². The number of nitrogens with two attached hydrogens (primary N) is 1. The molecule has 2 saturated heterocycles. The molecule has 2 aliphatic heterocycles. The molecule has 0 saturated carbocycles. The van der Waals surface area contributed by atoms with Crippen molar-refractivity contribution in [2.24, 2.45) is 5.73 Å². The number of carbonyl (C=O) groups is 1. The molecule has 2 rings (SSSR count). The van der Waals surface area contributed by atoms with Gasteiger partial charge in [0.1, 0.15) is 0 Å². The minimum absolute atomic E-state index is 0.146. The van der Waals surface area contributed by atoms with Gasteiger partial charge in [-0.2, -0.15) is 0 Å². The van der Waals surface area contributed by atoms with Gasteiger partial charge in [-0.05, 0) is 19.8 Å². The van der Waals surface area contributed by atoms with Gasteiger partial charge in [0, 0.05) is 13.1 Å². The molecular weight excluding hydrogens is 168 g/mol. The molecule has 4 heteroatoms. The highest BCUT2D eigenvalue weighted by atomic mass is 16.5. The standard InChI is InChI=1S/C9H16N2O2/c1-6(9(10)12)11-4-7-2-3-8(5-11)13-7/h6-8H,2-5H2,1H3,(H2,10,12). The van der Waals surface area contributed by atoms with Gasteiger partial charge in [0.15, 0.2) is 0 Å². The van der Waals surface area contributed by atoms with E-state index >= 15 is 0 Å². The Kier molecular flexibility index (Phi) is 2.26. The Morgan fingerprint density at radius 3 is 2.46 bits per heavy atom. The number of carbonyl (C=O) groups excluding carboxylic acids is 1. The molecule has 4 nitrogen and oxygen atoms in total. The van der Waals surface area contributed by atoms with Crippen LogP contribution in [0.4, 0.5) is 0 Å². The molecule has 2 aliphatic rings. The zero-order chi connectivity index (χ0) is 9.42. The number of likely N-dealkylation sites (tertiary alicyclic amines) is 1. The lowest BCUT2D eigenvalue weighted by atomic mass is 10.2. The number of ether oxygens (including phenoxy) is 1. The van der Waals surface area contributed by atoms with E-state index in [0.717, 1.165) is 25.9 Å². The second-order valence-corrected chi connectivity index (χ2v) is 3.99. The number of amides is 1. The van der Waals surface area contributed by atoms with E-state index in [4.69, 9.17) is 10.5 Å². The Hall–Kier alpha value is -0.610. The smallest absolute Gasteiger partial charge is 0.234 e. The number of fused-ring (bicyclic) bond motifs is 2. The quantitative estimate of drug-likeness (QED) is 0.642. The summed E-state index contributed by atoms with van der Waals surface area (Å²) < 4.78 is 5.66. The lowest BCUT2D eigenvalue weighted by Gasteiger charge is -2.34. The SMILES string of the molecule is CC(C(N)=O)N1CC2CCC(C1)O2. The number of nitrogens with zero attached hydrogens (tertiary/aromatic N) is 1. The first-order valence-corrected chi connectivity index (χ1v) is 4.85. The van der Waals surface area contributed by atoms with E-state index in [2.05, 4.69) is 4.90 Å². The summed E-state index contributed by atoms with van der Waals surface area (Å²) in [6.07, 6.45) is 2.93. The van der Waals surface area contributed by atoms with Crippen molar-refractivity contribution < 1.29 is 9.53 Å². The molecule has 0 radical (unpaired) electrons. The molecule has 2 N–H and O–H groups in total. The van der Waals surface area contributed by atoms with E-state index in [-0.39, 0.29) is 11.9 Å². The Morgan fingerprint density at radius 2 is 2.00 bits per heavy atom. The molecule has 3 unspecified atom stereocenters. The Bertz CT molecular complexity index is 208. The van der Waals surface area contributed by atoms with Crippen LogP contribution in [0.3, 0.4) is 0 Å². The summed E-state index contributed by atoms with van der Waals surface area (Å²) in [5, 5.41) is 0. The fourth-order valence-corrected chi connectivity index (χ4v) is 2.14. The first kappa shape index (κ1) is 8.97. The van der Waals surface area contributed by atoms with E-state index in [1.165, 1.54) is 0 Å². The summed E-state index contributed by atoms with van der Waals surface area (Å²) in [5.74, 6) is -0.235. The van der Waals surface area contributed by atoms with E-state index in [0.29, 0.717) is 12.2 Å². The van der Waals surface area contributed by atoms with Gasteiger partial charge in [-0.3, -0.25) is 9.69 Å². The fourth-order valence-electron chi connectivity index (χ4n) is 2.14. The molecule has 74 valence electrons. The highest BCUT2D eigenvalue weighted by Crippen LogP contribution is 2.27. The van der Waals surface area contributed by atoms with Crippen molar-refractivity contribution in [3.05, 3.63) is 0 Å². The van der Waals surface area contributed by atoms with Gasteiger partial charge in [0.2, 0.25) is 5.91 Å². The second-order valence-electron chi connectivity index (χ2n) is 3.99. The molecule has 0 spiro atoms. The van der Waals surface area contributed by atoms with Gasteiger partial charge < -0.3 is 10.5 Å². The Balaban J connectivity index is 1.98. The van der Waals surface area contributed by atoms with E-state index in [9.17, 15) is 4.79 Å². The summed E-state index contributed by atoms with van der Waals surface area (Å²) in [7, 11) is 0. The van der Waals surface area contributed by atoms with Crippen LogP contribution in [0.1, 0.15) is 19.8 Å². The molecule has 2 heterocycles. The molecule has 0 aliphatic carbocycles. The maximum atomic E-state index is 11.0. The van der Waals surface area contributed by atoms with Crippen LogP contribution >= 0.6 is 0 Å². The lowest BCUT2D eigenvalue weighted by Crippen LogP contribution is -2.51. The third kappa shape index (κ3) is 1.69. The summed E-state index contributed by atoms with van der Waals surface area (Å²) in [6.45, 7) is 3.59. The van der Waals surface area contributed by atoms with Crippen molar-refractivity contribution in [2.75, 3.05) is 13.1 Å². The van der Waals surface area contributed by atoms with Crippen molar-refractivity contribution in [1.82, 2.24) is 4.90 Å². The minimum atomic E-state index is -0.235. The molecule has 2 fully saturated rings. The second kappa shape index (κ2) is 3.27. The third-order valence-corrected chi connectivity index (χ3v) is 3.03. The Morgan fingerprint density at radius 1 is 1.46 bits per heavy atom. The average Bonchev–Trinajstić information content (AvgIpc) is 2.44. The largest absolute Gasteiger partial charge is 0.372 e. The van der Waals surface area contributed by atoms with Crippen molar-refractivity contribution >= 4 is 5.91 Å². The van der Waals surface area contributed by atoms with Crippen LogP contribution in [0.5, 0.6) is 0 Å². The zero-order valence-electron chi connectivity index (χ0n) is 7.90. The van der Waals surface area contributed by atoms with Crippen LogP contribution in [0.25, 0.3) is 0 Å². The van der Waals surface area contributed by atoms with Crippen molar-refractivity contribution in [3.8, 4) is 0 Å². The van der Waals surface area contributed by atoms with Gasteiger partial charge in [-0.15, -0.1) is 0 Å². The maximum absolute atomic E-state index is 11.0. The molecule has 0 aromatic carbocycles. The maximum Gasteiger partial charge on any atom is 0.234 e. The minimum Gasteiger partial charge on any atom is -0.372 e. The van der Waals surface area contributed by atoms with E-state index < -0.39 is 0 Å².